The van der Waals surface area contributed by atoms with E-state index in [0.29, 0.717) is 12.2 Å². The fraction of sp³-hybridized carbons (Fsp3) is 0.652. The molecule has 3 heterocycles. The fourth-order valence-electron chi connectivity index (χ4n) is 5.10. The molecule has 1 aliphatic carbocycles. The molecule has 0 unspecified atom stereocenters. The molecule has 5 nitrogen and oxygen atoms in total. The van der Waals surface area contributed by atoms with Gasteiger partial charge in [0.1, 0.15) is 11.2 Å². The van der Waals surface area contributed by atoms with Crippen molar-refractivity contribution in [1.82, 2.24) is 14.8 Å². The molecule has 0 spiro atoms. The first-order chi connectivity index (χ1) is 13.8. The summed E-state index contributed by atoms with van der Waals surface area (Å²) in [6.07, 6.45) is 7.92. The maximum Gasteiger partial charge on any atom is 0.271 e. The molecule has 2 aliphatic rings. The van der Waals surface area contributed by atoms with Crippen LogP contribution in [-0.4, -0.2) is 38.9 Å². The lowest BCUT2D eigenvalue weighted by atomic mass is 9.92. The predicted molar refractivity (Wildman–Crippen MR) is 119 cm³/mol. The number of aryl methyl sites for hydroxylation is 1. The van der Waals surface area contributed by atoms with Gasteiger partial charge in [-0.05, 0) is 52.2 Å². The van der Waals surface area contributed by atoms with Gasteiger partial charge in [-0.2, -0.15) is 0 Å². The summed E-state index contributed by atoms with van der Waals surface area (Å²) in [5.74, 6) is -0.0453. The Kier molecular flexibility index (Phi) is 5.49. The zero-order valence-corrected chi connectivity index (χ0v) is 18.9. The van der Waals surface area contributed by atoms with Gasteiger partial charge in [-0.1, -0.05) is 32.6 Å². The van der Waals surface area contributed by atoms with Crippen molar-refractivity contribution in [2.75, 3.05) is 0 Å². The zero-order chi connectivity index (χ0) is 20.8. The number of aromatic nitrogens is 1. The molecule has 1 fully saturated rings. The molecule has 1 N–H and O–H groups in total. The molecule has 1 saturated carbocycles. The van der Waals surface area contributed by atoms with Crippen LogP contribution in [0.15, 0.2) is 12.1 Å². The van der Waals surface area contributed by atoms with Crippen LogP contribution in [0, 0.1) is 0 Å². The number of carbonyl (C=O) groups is 2. The van der Waals surface area contributed by atoms with Gasteiger partial charge in [0.25, 0.3) is 5.91 Å². The van der Waals surface area contributed by atoms with E-state index < -0.39 is 5.54 Å². The van der Waals surface area contributed by atoms with E-state index in [1.165, 1.54) is 30.6 Å². The van der Waals surface area contributed by atoms with E-state index in [2.05, 4.69) is 22.9 Å². The Hall–Kier alpha value is -1.82. The highest BCUT2D eigenvalue weighted by molar-refractivity contribution is 7.19. The number of fused-ring (bicyclic) bond motifs is 3. The number of rotatable bonds is 4. The lowest BCUT2D eigenvalue weighted by Gasteiger charge is -2.46. The number of nitrogens with zero attached hydrogens (tertiary/aromatic N) is 2. The van der Waals surface area contributed by atoms with E-state index in [1.54, 1.807) is 16.2 Å². The number of amides is 2. The third-order valence-electron chi connectivity index (χ3n) is 6.62. The highest BCUT2D eigenvalue weighted by Crippen LogP contribution is 2.37. The van der Waals surface area contributed by atoms with Crippen LogP contribution >= 0.6 is 11.3 Å². The van der Waals surface area contributed by atoms with Crippen LogP contribution in [0.3, 0.4) is 0 Å². The highest BCUT2D eigenvalue weighted by Gasteiger charge is 2.49. The number of thiophene rings is 1. The third kappa shape index (κ3) is 3.49. The molecular weight excluding hydrogens is 382 g/mol. The third-order valence-corrected chi connectivity index (χ3v) is 7.84. The first-order valence-electron chi connectivity index (χ1n) is 11.1. The maximum absolute atomic E-state index is 13.6. The van der Waals surface area contributed by atoms with Crippen LogP contribution in [0.5, 0.6) is 0 Å². The fourth-order valence-corrected chi connectivity index (χ4v) is 6.14. The molecule has 0 bridgehead atoms. The van der Waals surface area contributed by atoms with Gasteiger partial charge >= 0.3 is 0 Å². The lowest BCUT2D eigenvalue weighted by Crippen LogP contribution is -2.66. The summed E-state index contributed by atoms with van der Waals surface area (Å²) in [6.45, 7) is 8.61. The van der Waals surface area contributed by atoms with Gasteiger partial charge in [0, 0.05) is 17.0 Å². The minimum atomic E-state index is -0.884. The SMILES string of the molecule is CCc1cc2c(cc3n2C[C@](C)(C(=O)NC2CCCCCC2)N(C(C)C)C3=O)s1. The summed E-state index contributed by atoms with van der Waals surface area (Å²) in [7, 11) is 0. The van der Waals surface area contributed by atoms with Gasteiger partial charge < -0.3 is 14.8 Å². The quantitative estimate of drug-likeness (QED) is 0.734. The molecule has 158 valence electrons. The van der Waals surface area contributed by atoms with Crippen LogP contribution in [0.4, 0.5) is 0 Å². The van der Waals surface area contributed by atoms with Crippen LogP contribution < -0.4 is 5.32 Å². The Morgan fingerprint density at radius 1 is 1.24 bits per heavy atom. The second kappa shape index (κ2) is 7.78. The average molecular weight is 416 g/mol. The van der Waals surface area contributed by atoms with Crippen LogP contribution in [0.2, 0.25) is 0 Å². The normalized spacial score (nSPS) is 23.5. The molecule has 2 aromatic heterocycles. The predicted octanol–water partition coefficient (Wildman–Crippen LogP) is 4.73. The second-order valence-electron chi connectivity index (χ2n) is 9.14. The second-order valence-corrected chi connectivity index (χ2v) is 10.3. The van der Waals surface area contributed by atoms with Crippen LogP contribution in [0.25, 0.3) is 10.2 Å². The monoisotopic (exact) mass is 415 g/mol. The van der Waals surface area contributed by atoms with Gasteiger partial charge in [0.05, 0.1) is 16.8 Å². The summed E-state index contributed by atoms with van der Waals surface area (Å²) in [5, 5.41) is 3.32. The summed E-state index contributed by atoms with van der Waals surface area (Å²) < 4.78 is 3.22. The van der Waals surface area contributed by atoms with Crippen LogP contribution in [-0.2, 0) is 17.8 Å². The smallest absolute Gasteiger partial charge is 0.271 e. The maximum atomic E-state index is 13.6. The van der Waals surface area contributed by atoms with Crippen molar-refractivity contribution in [1.29, 1.82) is 0 Å². The number of carbonyl (C=O) groups excluding carboxylic acids is 2. The van der Waals surface area contributed by atoms with E-state index in [-0.39, 0.29) is 23.9 Å². The Labute approximate surface area is 177 Å². The van der Waals surface area contributed by atoms with Gasteiger partial charge in [-0.15, -0.1) is 11.3 Å². The molecule has 4 rings (SSSR count). The molecule has 1 aliphatic heterocycles. The first kappa shape index (κ1) is 20.5. The summed E-state index contributed by atoms with van der Waals surface area (Å²) in [5.41, 5.74) is 0.916. The van der Waals surface area contributed by atoms with E-state index in [0.717, 1.165) is 29.5 Å². The number of hydrogen-bond acceptors (Lipinski definition) is 3. The highest BCUT2D eigenvalue weighted by atomic mass is 32.1. The molecule has 6 heteroatoms. The van der Waals surface area contributed by atoms with Crippen molar-refractivity contribution in [3.05, 3.63) is 22.7 Å². The summed E-state index contributed by atoms with van der Waals surface area (Å²) in [4.78, 5) is 30.2. The molecule has 2 amide bonds. The number of nitrogens with one attached hydrogen (secondary N) is 1. The van der Waals surface area contributed by atoms with E-state index >= 15 is 0 Å². The minimum absolute atomic E-state index is 0.00936. The van der Waals surface area contributed by atoms with Gasteiger partial charge in [-0.25, -0.2) is 0 Å². The first-order valence-corrected chi connectivity index (χ1v) is 11.9. The Bertz CT molecular complexity index is 920. The van der Waals surface area contributed by atoms with Crippen molar-refractivity contribution < 1.29 is 9.59 Å². The van der Waals surface area contributed by atoms with Crippen molar-refractivity contribution >= 4 is 33.4 Å². The van der Waals surface area contributed by atoms with Crippen molar-refractivity contribution in [3.63, 3.8) is 0 Å². The average Bonchev–Trinajstić information content (AvgIpc) is 3.11. The summed E-state index contributed by atoms with van der Waals surface area (Å²) >= 11 is 1.75. The van der Waals surface area contributed by atoms with E-state index in [9.17, 15) is 9.59 Å². The van der Waals surface area contributed by atoms with E-state index in [4.69, 9.17) is 0 Å². The van der Waals surface area contributed by atoms with Gasteiger partial charge in [-0.3, -0.25) is 9.59 Å². The van der Waals surface area contributed by atoms with Gasteiger partial charge in [0.15, 0.2) is 0 Å². The van der Waals surface area contributed by atoms with Crippen molar-refractivity contribution in [2.45, 2.75) is 96.8 Å². The molecule has 2 aromatic rings. The topological polar surface area (TPSA) is 54.3 Å². The zero-order valence-electron chi connectivity index (χ0n) is 18.1. The Morgan fingerprint density at radius 2 is 1.93 bits per heavy atom. The molecule has 0 radical (unpaired) electrons. The van der Waals surface area contributed by atoms with Crippen molar-refractivity contribution in [3.8, 4) is 0 Å². The van der Waals surface area contributed by atoms with E-state index in [1.807, 2.05) is 26.8 Å². The van der Waals surface area contributed by atoms with Gasteiger partial charge in [0.2, 0.25) is 5.91 Å². The number of hydrogen-bond donors (Lipinski definition) is 1. The largest absolute Gasteiger partial charge is 0.351 e. The standard InChI is InChI=1S/C23H33N3O2S/c1-5-17-12-18-20(29-17)13-19-21(27)26(15(2)3)23(4,14-25(18)19)22(28)24-16-10-8-6-7-9-11-16/h12-13,15-16H,5-11,14H2,1-4H3,(H,24,28)/t23-/m1/s1. The lowest BCUT2D eigenvalue weighted by molar-refractivity contribution is -0.134. The summed E-state index contributed by atoms with van der Waals surface area (Å²) in [6, 6.07) is 4.38. The minimum Gasteiger partial charge on any atom is -0.351 e. The molecule has 1 atom stereocenters. The molecular formula is C23H33N3O2S. The molecule has 0 saturated heterocycles. The van der Waals surface area contributed by atoms with Crippen molar-refractivity contribution in [2.24, 2.45) is 0 Å². The van der Waals surface area contributed by atoms with Crippen LogP contribution in [0.1, 0.15) is 81.6 Å². The Balaban J connectivity index is 1.70. The Morgan fingerprint density at radius 3 is 2.55 bits per heavy atom. The molecule has 0 aromatic carbocycles. The molecule has 29 heavy (non-hydrogen) atoms.